The van der Waals surface area contributed by atoms with Crippen LogP contribution in [0.5, 0.6) is 0 Å². The van der Waals surface area contributed by atoms with E-state index in [2.05, 4.69) is 4.98 Å². The first-order valence-electron chi connectivity index (χ1n) is 7.05. The molecular formula is C15H14N2O6S. The van der Waals surface area contributed by atoms with Gasteiger partial charge in [-0.25, -0.2) is 13.2 Å². The minimum Gasteiger partial charge on any atom is -0.480 e. The molecule has 8 nitrogen and oxygen atoms in total. The van der Waals surface area contributed by atoms with Crippen LogP contribution in [0.4, 0.5) is 0 Å². The highest BCUT2D eigenvalue weighted by atomic mass is 32.2. The highest BCUT2D eigenvalue weighted by molar-refractivity contribution is 7.94. The van der Waals surface area contributed by atoms with Gasteiger partial charge in [-0.1, -0.05) is 0 Å². The van der Waals surface area contributed by atoms with Gasteiger partial charge in [0.2, 0.25) is 0 Å². The molecule has 0 aromatic carbocycles. The van der Waals surface area contributed by atoms with E-state index in [0.717, 1.165) is 4.90 Å². The number of amides is 1. The van der Waals surface area contributed by atoms with Gasteiger partial charge in [-0.2, -0.15) is 0 Å². The van der Waals surface area contributed by atoms with Crippen LogP contribution in [0.3, 0.4) is 0 Å². The molecule has 2 aliphatic heterocycles. The van der Waals surface area contributed by atoms with E-state index in [-0.39, 0.29) is 16.8 Å². The van der Waals surface area contributed by atoms with Crippen LogP contribution in [0.15, 0.2) is 23.9 Å². The van der Waals surface area contributed by atoms with Crippen molar-refractivity contribution >= 4 is 34.1 Å². The van der Waals surface area contributed by atoms with Crippen LogP contribution in [0.25, 0.3) is 6.08 Å². The van der Waals surface area contributed by atoms with Gasteiger partial charge in [-0.3, -0.25) is 14.6 Å². The minimum atomic E-state index is -3.94. The van der Waals surface area contributed by atoms with Gasteiger partial charge < -0.3 is 10.0 Å². The Morgan fingerprint density at radius 1 is 1.42 bits per heavy atom. The number of aldehydes is 1. The molecule has 126 valence electrons. The van der Waals surface area contributed by atoms with E-state index in [1.165, 1.54) is 38.3 Å². The van der Waals surface area contributed by atoms with Crippen LogP contribution in [-0.2, 0) is 19.4 Å². The van der Waals surface area contributed by atoms with Crippen LogP contribution in [0.2, 0.25) is 0 Å². The van der Waals surface area contributed by atoms with Crippen molar-refractivity contribution in [3.8, 4) is 0 Å². The van der Waals surface area contributed by atoms with Gasteiger partial charge in [-0.05, 0) is 32.1 Å². The molecule has 2 atom stereocenters. The predicted octanol–water partition coefficient (Wildman–Crippen LogP) is 0.106. The summed E-state index contributed by atoms with van der Waals surface area (Å²) in [6, 6.07) is 1.57. The van der Waals surface area contributed by atoms with Crippen LogP contribution >= 0.6 is 0 Å². The Morgan fingerprint density at radius 2 is 2.08 bits per heavy atom. The number of carbonyl (C=O) groups excluding carboxylic acids is 2. The van der Waals surface area contributed by atoms with Crippen LogP contribution in [-0.4, -0.2) is 57.7 Å². The number of β-lactam (4-membered cyclic amide) rings is 1. The summed E-state index contributed by atoms with van der Waals surface area (Å²) in [5.74, 6) is -2.05. The lowest BCUT2D eigenvalue weighted by Gasteiger charge is -2.37. The van der Waals surface area contributed by atoms with E-state index < -0.39 is 37.9 Å². The van der Waals surface area contributed by atoms with Crippen LogP contribution in [0.1, 0.15) is 29.9 Å². The molecule has 9 heteroatoms. The molecule has 2 fully saturated rings. The van der Waals surface area contributed by atoms with Gasteiger partial charge >= 0.3 is 5.97 Å². The SMILES string of the molecule is CC1(C)[C@H](C(=O)O)N2C(=O)/C(=C/c3ncccc3C=O)[C@H]2S1(=O)=O. The van der Waals surface area contributed by atoms with E-state index in [1.807, 2.05) is 0 Å². The summed E-state index contributed by atoms with van der Waals surface area (Å²) >= 11 is 0. The number of pyridine rings is 1. The van der Waals surface area contributed by atoms with Crippen molar-refractivity contribution in [3.05, 3.63) is 35.2 Å². The molecule has 3 heterocycles. The number of aliphatic carboxylic acids is 1. The standard InChI is InChI=1S/C15H14N2O6S/c1-15(2)11(14(20)21)17-12(19)9(13(17)24(15,22)23)6-10-8(7-18)4-3-5-16-10/h3-7,11,13H,1-2H3,(H,20,21)/b9-6-/t11-,13+/m0/s1. The van der Waals surface area contributed by atoms with Crippen molar-refractivity contribution in [2.45, 2.75) is 30.0 Å². The molecule has 2 aliphatic rings. The molecule has 2 saturated heterocycles. The number of sulfone groups is 1. The molecule has 0 spiro atoms. The van der Waals surface area contributed by atoms with E-state index in [9.17, 15) is 27.9 Å². The van der Waals surface area contributed by atoms with Crippen molar-refractivity contribution in [1.29, 1.82) is 0 Å². The number of rotatable bonds is 3. The molecule has 0 bridgehead atoms. The predicted molar refractivity (Wildman–Crippen MR) is 82.7 cm³/mol. The lowest BCUT2D eigenvalue weighted by molar-refractivity contribution is -0.152. The zero-order chi connectivity index (χ0) is 17.9. The van der Waals surface area contributed by atoms with E-state index in [1.54, 1.807) is 0 Å². The van der Waals surface area contributed by atoms with E-state index >= 15 is 0 Å². The molecule has 0 aliphatic carbocycles. The van der Waals surface area contributed by atoms with Crippen LogP contribution < -0.4 is 0 Å². The highest BCUT2D eigenvalue weighted by Crippen LogP contribution is 2.48. The summed E-state index contributed by atoms with van der Waals surface area (Å²) in [4.78, 5) is 39.7. The average molecular weight is 350 g/mol. The topological polar surface area (TPSA) is 122 Å². The number of hydrogen-bond acceptors (Lipinski definition) is 6. The largest absolute Gasteiger partial charge is 0.480 e. The maximum absolute atomic E-state index is 12.7. The van der Waals surface area contributed by atoms with Gasteiger partial charge in [0.05, 0.1) is 11.3 Å². The second-order valence-corrected chi connectivity index (χ2v) is 8.74. The van der Waals surface area contributed by atoms with Crippen LogP contribution in [0, 0.1) is 0 Å². The van der Waals surface area contributed by atoms with Gasteiger partial charge in [0.15, 0.2) is 27.5 Å². The Bertz CT molecular complexity index is 902. The molecule has 1 aromatic rings. The fourth-order valence-corrected chi connectivity index (χ4v) is 5.26. The maximum atomic E-state index is 12.7. The van der Waals surface area contributed by atoms with E-state index in [4.69, 9.17) is 0 Å². The van der Waals surface area contributed by atoms with Gasteiger partial charge in [-0.15, -0.1) is 0 Å². The third kappa shape index (κ3) is 1.87. The van der Waals surface area contributed by atoms with Gasteiger partial charge in [0.25, 0.3) is 5.91 Å². The number of nitrogens with zero attached hydrogens (tertiary/aromatic N) is 2. The number of carboxylic acid groups (broad SMARTS) is 1. The molecule has 0 unspecified atom stereocenters. The summed E-state index contributed by atoms with van der Waals surface area (Å²) in [5, 5.41) is 8.01. The molecule has 0 saturated carbocycles. The molecule has 1 N–H and O–H groups in total. The summed E-state index contributed by atoms with van der Waals surface area (Å²) in [5.41, 5.74) is 0.302. The lowest BCUT2D eigenvalue weighted by Crippen LogP contribution is -2.58. The quantitative estimate of drug-likeness (QED) is 0.466. The Morgan fingerprint density at radius 3 is 2.67 bits per heavy atom. The van der Waals surface area contributed by atoms with Gasteiger partial charge in [0.1, 0.15) is 4.75 Å². The summed E-state index contributed by atoms with van der Waals surface area (Å²) in [6.07, 6.45) is 3.20. The Labute approximate surface area is 137 Å². The molecule has 1 amide bonds. The Kier molecular flexibility index (Phi) is 3.38. The molecule has 0 radical (unpaired) electrons. The first-order valence-corrected chi connectivity index (χ1v) is 8.60. The van der Waals surface area contributed by atoms with Gasteiger partial charge in [0, 0.05) is 11.8 Å². The van der Waals surface area contributed by atoms with Crippen molar-refractivity contribution in [2.75, 3.05) is 0 Å². The number of aromatic nitrogens is 1. The number of hydrogen-bond donors (Lipinski definition) is 1. The van der Waals surface area contributed by atoms with E-state index in [0.29, 0.717) is 6.29 Å². The van der Waals surface area contributed by atoms with Crippen molar-refractivity contribution in [2.24, 2.45) is 0 Å². The van der Waals surface area contributed by atoms with Crippen molar-refractivity contribution in [3.63, 3.8) is 0 Å². The summed E-state index contributed by atoms with van der Waals surface area (Å²) in [7, 11) is -3.94. The highest BCUT2D eigenvalue weighted by Gasteiger charge is 2.70. The molecule has 24 heavy (non-hydrogen) atoms. The Hall–Kier alpha value is -2.55. The summed E-state index contributed by atoms with van der Waals surface area (Å²) in [6.45, 7) is 2.59. The Balaban J connectivity index is 2.13. The second kappa shape index (κ2) is 4.97. The van der Waals surface area contributed by atoms with Crippen molar-refractivity contribution in [1.82, 2.24) is 9.88 Å². The maximum Gasteiger partial charge on any atom is 0.328 e. The molecular weight excluding hydrogens is 336 g/mol. The third-order valence-corrected chi connectivity index (χ3v) is 7.25. The number of fused-ring (bicyclic) bond motifs is 1. The smallest absolute Gasteiger partial charge is 0.328 e. The third-order valence-electron chi connectivity index (χ3n) is 4.49. The average Bonchev–Trinajstić information content (AvgIpc) is 2.66. The zero-order valence-corrected chi connectivity index (χ0v) is 13.6. The first-order chi connectivity index (χ1) is 11.1. The van der Waals surface area contributed by atoms with Crippen molar-refractivity contribution < 1.29 is 27.9 Å². The first kappa shape index (κ1) is 16.3. The molecule has 1 aromatic heterocycles. The fourth-order valence-electron chi connectivity index (χ4n) is 3.14. The minimum absolute atomic E-state index is 0.0753. The summed E-state index contributed by atoms with van der Waals surface area (Å²) < 4.78 is 23.8. The second-order valence-electron chi connectivity index (χ2n) is 6.15. The number of carboxylic acids is 1. The fraction of sp³-hybridized carbons (Fsp3) is 0.333. The monoisotopic (exact) mass is 350 g/mol. The lowest BCUT2D eigenvalue weighted by atomic mass is 9.95. The zero-order valence-electron chi connectivity index (χ0n) is 12.8. The molecule has 3 rings (SSSR count). The number of carbonyl (C=O) groups is 3. The normalized spacial score (nSPS) is 28.3.